The van der Waals surface area contributed by atoms with Crippen LogP contribution in [0.3, 0.4) is 0 Å². The number of H-pyrrole nitrogens is 1. The van der Waals surface area contributed by atoms with Gasteiger partial charge in [-0.15, -0.1) is 11.3 Å². The van der Waals surface area contributed by atoms with Gasteiger partial charge in [0.2, 0.25) is 5.91 Å². The number of aryl methyl sites for hydroxylation is 2. The van der Waals surface area contributed by atoms with Gasteiger partial charge in [-0.1, -0.05) is 42.0 Å². The molecule has 6 nitrogen and oxygen atoms in total. The predicted octanol–water partition coefficient (Wildman–Crippen LogP) is 6.40. The summed E-state index contributed by atoms with van der Waals surface area (Å²) in [6.07, 6.45) is 5.80. The van der Waals surface area contributed by atoms with E-state index in [1.807, 2.05) is 66.2 Å². The number of carbonyl (C=O) groups excluding carboxylic acids is 3. The second kappa shape index (κ2) is 13.6. The molecule has 0 saturated carbocycles. The highest BCUT2D eigenvalue weighted by molar-refractivity contribution is 7.09. The fourth-order valence-corrected chi connectivity index (χ4v) is 6.36. The van der Waals surface area contributed by atoms with Crippen molar-refractivity contribution >= 4 is 39.7 Å². The van der Waals surface area contributed by atoms with E-state index in [1.54, 1.807) is 18.4 Å². The van der Waals surface area contributed by atoms with Crippen LogP contribution >= 0.6 is 11.3 Å². The molecule has 212 valence electrons. The van der Waals surface area contributed by atoms with Crippen molar-refractivity contribution in [3.8, 4) is 5.75 Å². The molecule has 2 heterocycles. The van der Waals surface area contributed by atoms with Gasteiger partial charge >= 0.3 is 0 Å². The van der Waals surface area contributed by atoms with Crippen LogP contribution in [0.15, 0.2) is 83.4 Å². The highest BCUT2D eigenvalue weighted by Gasteiger charge is 2.32. The number of amides is 1. The van der Waals surface area contributed by atoms with Crippen molar-refractivity contribution in [3.05, 3.63) is 99.4 Å². The van der Waals surface area contributed by atoms with Crippen LogP contribution in [-0.2, 0) is 33.6 Å². The number of Topliss-reactive ketones (excluding diaryl/α,β-unsaturated/α-hetero) is 2. The van der Waals surface area contributed by atoms with Gasteiger partial charge in [0.25, 0.3) is 0 Å². The summed E-state index contributed by atoms with van der Waals surface area (Å²) in [6.45, 7) is 0.450. The number of methoxy groups -OCH3 is 1. The lowest BCUT2D eigenvalue weighted by Crippen LogP contribution is -2.28. The van der Waals surface area contributed by atoms with Gasteiger partial charge in [0, 0.05) is 52.9 Å². The number of hydrogen-bond acceptors (Lipinski definition) is 5. The quantitative estimate of drug-likeness (QED) is 0.207. The minimum atomic E-state index is -0.397. The van der Waals surface area contributed by atoms with Crippen LogP contribution in [0.1, 0.15) is 48.1 Å². The van der Waals surface area contributed by atoms with Crippen LogP contribution < -0.4 is 10.1 Å². The highest BCUT2D eigenvalue weighted by Crippen LogP contribution is 2.31. The molecule has 0 bridgehead atoms. The number of aromatic nitrogens is 1. The number of allylic oxidation sites excluding steroid dienone is 1. The molecule has 0 spiro atoms. The molecule has 0 saturated heterocycles. The van der Waals surface area contributed by atoms with E-state index < -0.39 is 5.92 Å². The lowest BCUT2D eigenvalue weighted by molar-refractivity contribution is -0.126. The van der Waals surface area contributed by atoms with Gasteiger partial charge < -0.3 is 15.0 Å². The van der Waals surface area contributed by atoms with Crippen LogP contribution in [0.2, 0.25) is 0 Å². The van der Waals surface area contributed by atoms with Gasteiger partial charge in [0.05, 0.1) is 13.5 Å². The van der Waals surface area contributed by atoms with Gasteiger partial charge in [0.1, 0.15) is 11.5 Å². The molecule has 1 atom stereocenters. The number of hydrogen-bond donors (Lipinski definition) is 2. The smallest absolute Gasteiger partial charge is 0.224 e. The third-order valence-electron chi connectivity index (χ3n) is 7.89. The minimum absolute atomic E-state index is 0.00936. The van der Waals surface area contributed by atoms with E-state index in [0.29, 0.717) is 31.4 Å². The van der Waals surface area contributed by atoms with Crippen LogP contribution in [0.25, 0.3) is 10.9 Å². The summed E-state index contributed by atoms with van der Waals surface area (Å²) < 4.78 is 5.36. The van der Waals surface area contributed by atoms with Crippen LogP contribution in [-0.4, -0.2) is 36.1 Å². The Morgan fingerprint density at radius 1 is 1.02 bits per heavy atom. The Balaban J connectivity index is 1.28. The zero-order chi connectivity index (χ0) is 28.6. The van der Waals surface area contributed by atoms with E-state index in [9.17, 15) is 14.4 Å². The summed E-state index contributed by atoms with van der Waals surface area (Å²) in [4.78, 5) is 44.6. The molecule has 7 heteroatoms. The molecular weight excluding hydrogens is 532 g/mol. The Morgan fingerprint density at radius 3 is 2.66 bits per heavy atom. The Bertz CT molecular complexity index is 1540. The summed E-state index contributed by atoms with van der Waals surface area (Å²) in [7, 11) is 1.64. The lowest BCUT2D eigenvalue weighted by Gasteiger charge is -2.16. The second-order valence-corrected chi connectivity index (χ2v) is 11.7. The first-order chi connectivity index (χ1) is 20.0. The molecule has 1 amide bonds. The fourth-order valence-electron chi connectivity index (χ4n) is 5.66. The fraction of sp³-hybridized carbons (Fsp3) is 0.324. The number of carbonyl (C=O) groups is 3. The summed E-state index contributed by atoms with van der Waals surface area (Å²) in [5.74, 6) is 0.253. The van der Waals surface area contributed by atoms with Crippen molar-refractivity contribution < 1.29 is 19.1 Å². The van der Waals surface area contributed by atoms with Crippen molar-refractivity contribution in [3.63, 3.8) is 0 Å². The first kappa shape index (κ1) is 28.6. The van der Waals surface area contributed by atoms with Crippen molar-refractivity contribution in [2.24, 2.45) is 5.92 Å². The Morgan fingerprint density at radius 2 is 1.88 bits per heavy atom. The average Bonchev–Trinajstić information content (AvgIpc) is 3.64. The lowest BCUT2D eigenvalue weighted by atomic mass is 9.87. The standard InChI is InChI=1S/C34H36N2O4S/c1-40-28-12-14-32-30(20-28)26(22-36-32)15-16-35-33(38)21-31-24(11-13-29-8-5-17-41-29)18-27(37)19-25(34(31)39)10-9-23-6-3-2-4-7-23/h2-8,12,14,17,20,22,25,36H,9-11,13,15-16,18-19,21H2,1H3,(H,35,38). The molecule has 2 aromatic heterocycles. The minimum Gasteiger partial charge on any atom is -0.497 e. The number of aromatic amines is 1. The maximum Gasteiger partial charge on any atom is 0.224 e. The number of fused-ring (bicyclic) bond motifs is 1. The topological polar surface area (TPSA) is 88.3 Å². The molecule has 2 aromatic carbocycles. The van der Waals surface area contributed by atoms with Crippen molar-refractivity contribution in [1.82, 2.24) is 10.3 Å². The number of nitrogens with one attached hydrogen (secondary N) is 2. The normalized spacial score (nSPS) is 15.8. The van der Waals surface area contributed by atoms with Gasteiger partial charge in [-0.25, -0.2) is 0 Å². The SMILES string of the molecule is COc1ccc2[nH]cc(CCNC(=O)CC3=C(CCc4cccs4)CC(=O)CC(CCc4ccccc4)C3=O)c2c1. The number of ketones is 2. The number of benzene rings is 2. The molecule has 41 heavy (non-hydrogen) atoms. The summed E-state index contributed by atoms with van der Waals surface area (Å²) >= 11 is 1.67. The number of thiophene rings is 1. The van der Waals surface area contributed by atoms with Crippen molar-refractivity contribution in [1.29, 1.82) is 0 Å². The zero-order valence-electron chi connectivity index (χ0n) is 23.4. The van der Waals surface area contributed by atoms with E-state index in [1.165, 1.54) is 4.88 Å². The van der Waals surface area contributed by atoms with E-state index >= 15 is 0 Å². The summed E-state index contributed by atoms with van der Waals surface area (Å²) in [5.41, 5.74) is 4.62. The third-order valence-corrected chi connectivity index (χ3v) is 8.82. The van der Waals surface area contributed by atoms with Crippen LogP contribution in [0, 0.1) is 5.92 Å². The highest BCUT2D eigenvalue weighted by atomic mass is 32.1. The molecule has 0 fully saturated rings. The zero-order valence-corrected chi connectivity index (χ0v) is 24.2. The molecule has 1 aliphatic rings. The molecule has 5 rings (SSSR count). The van der Waals surface area contributed by atoms with Crippen molar-refractivity contribution in [2.45, 2.75) is 51.4 Å². The molecule has 1 unspecified atom stereocenters. The van der Waals surface area contributed by atoms with Gasteiger partial charge in [0.15, 0.2) is 5.78 Å². The first-order valence-corrected chi connectivity index (χ1v) is 15.1. The van der Waals surface area contributed by atoms with E-state index in [4.69, 9.17) is 4.74 Å². The van der Waals surface area contributed by atoms with E-state index in [0.717, 1.165) is 46.2 Å². The first-order valence-electron chi connectivity index (χ1n) is 14.2. The van der Waals surface area contributed by atoms with E-state index in [2.05, 4.69) is 16.4 Å². The summed E-state index contributed by atoms with van der Waals surface area (Å²) in [6, 6.07) is 20.0. The van der Waals surface area contributed by atoms with E-state index in [-0.39, 0.29) is 36.7 Å². The predicted molar refractivity (Wildman–Crippen MR) is 163 cm³/mol. The number of rotatable bonds is 12. The van der Waals surface area contributed by atoms with Crippen LogP contribution in [0.5, 0.6) is 5.75 Å². The summed E-state index contributed by atoms with van der Waals surface area (Å²) in [5, 5.41) is 6.12. The second-order valence-electron chi connectivity index (χ2n) is 10.7. The van der Waals surface area contributed by atoms with Crippen molar-refractivity contribution in [2.75, 3.05) is 13.7 Å². The van der Waals surface area contributed by atoms with Gasteiger partial charge in [-0.3, -0.25) is 14.4 Å². The molecule has 4 aromatic rings. The Labute approximate surface area is 244 Å². The molecular formula is C34H36N2O4S. The molecule has 0 aliphatic heterocycles. The average molecular weight is 569 g/mol. The van der Waals surface area contributed by atoms with Gasteiger partial charge in [-0.2, -0.15) is 0 Å². The van der Waals surface area contributed by atoms with Crippen LogP contribution in [0.4, 0.5) is 0 Å². The molecule has 1 aliphatic carbocycles. The maximum atomic E-state index is 13.9. The monoisotopic (exact) mass is 568 g/mol. The maximum absolute atomic E-state index is 13.9. The molecule has 2 N–H and O–H groups in total. The Kier molecular flexibility index (Phi) is 9.47. The third kappa shape index (κ3) is 7.41. The largest absolute Gasteiger partial charge is 0.497 e. The molecule has 0 radical (unpaired) electrons. The number of ether oxygens (including phenoxy) is 1. The van der Waals surface area contributed by atoms with Gasteiger partial charge in [-0.05, 0) is 72.9 Å². The Hall–Kier alpha value is -3.97.